The number of hydrogen-bond acceptors (Lipinski definition) is 1. The Morgan fingerprint density at radius 1 is 1.21 bits per heavy atom. The summed E-state index contributed by atoms with van der Waals surface area (Å²) in [7, 11) is 0. The van der Waals surface area contributed by atoms with Crippen molar-refractivity contribution in [1.82, 2.24) is 5.32 Å². The molecule has 2 rings (SSSR count). The van der Waals surface area contributed by atoms with Crippen LogP contribution in [0.2, 0.25) is 0 Å². The largest absolute Gasteiger partial charge is 0.350 e. The summed E-state index contributed by atoms with van der Waals surface area (Å²) < 4.78 is 0. The Kier molecular flexibility index (Phi) is 5.20. The zero-order chi connectivity index (χ0) is 13.5. The van der Waals surface area contributed by atoms with Gasteiger partial charge in [-0.15, -0.1) is 0 Å². The minimum absolute atomic E-state index is 0.0338. The number of carbonyl (C=O) groups excluding carboxylic acids is 1. The molecule has 1 N–H and O–H groups in total. The van der Waals surface area contributed by atoms with E-state index < -0.39 is 0 Å². The molecule has 1 aliphatic carbocycles. The van der Waals surface area contributed by atoms with Gasteiger partial charge in [-0.25, -0.2) is 0 Å². The molecule has 0 aliphatic heterocycles. The summed E-state index contributed by atoms with van der Waals surface area (Å²) in [6.45, 7) is 2.14. The number of benzene rings is 1. The smallest absolute Gasteiger partial charge is 0.244 e. The Hall–Kier alpha value is -1.57. The molecule has 102 valence electrons. The average Bonchev–Trinajstić information content (AvgIpc) is 2.47. The molecule has 0 aromatic heterocycles. The van der Waals surface area contributed by atoms with E-state index in [-0.39, 0.29) is 5.91 Å². The lowest BCUT2D eigenvalue weighted by Gasteiger charge is -2.21. The van der Waals surface area contributed by atoms with Crippen LogP contribution in [0.3, 0.4) is 0 Å². The molecule has 1 fully saturated rings. The fourth-order valence-electron chi connectivity index (χ4n) is 2.53. The summed E-state index contributed by atoms with van der Waals surface area (Å²) in [5.74, 6) is 0.0338. The SMILES string of the molecule is CCc1ccc(/C=C\C(=O)NC2CCCCC2)cc1. The molecule has 0 radical (unpaired) electrons. The molecule has 0 bridgehead atoms. The minimum atomic E-state index is 0.0338. The van der Waals surface area contributed by atoms with Crippen LogP contribution in [0.1, 0.15) is 50.2 Å². The normalized spacial score (nSPS) is 16.7. The quantitative estimate of drug-likeness (QED) is 0.818. The van der Waals surface area contributed by atoms with E-state index in [1.165, 1.54) is 24.8 Å². The molecule has 1 amide bonds. The van der Waals surface area contributed by atoms with Crippen LogP contribution in [0.4, 0.5) is 0 Å². The molecule has 0 atom stereocenters. The number of nitrogens with one attached hydrogen (secondary N) is 1. The number of hydrogen-bond donors (Lipinski definition) is 1. The zero-order valence-electron chi connectivity index (χ0n) is 11.7. The predicted octanol–water partition coefficient (Wildman–Crippen LogP) is 3.71. The van der Waals surface area contributed by atoms with Crippen LogP contribution in [0.25, 0.3) is 6.08 Å². The highest BCUT2D eigenvalue weighted by Crippen LogP contribution is 2.17. The van der Waals surface area contributed by atoms with E-state index in [9.17, 15) is 4.79 Å². The molecule has 1 saturated carbocycles. The summed E-state index contributed by atoms with van der Waals surface area (Å²) in [5, 5.41) is 3.09. The summed E-state index contributed by atoms with van der Waals surface area (Å²) >= 11 is 0. The second-order valence-corrected chi connectivity index (χ2v) is 5.27. The van der Waals surface area contributed by atoms with Gasteiger partial charge in [0.05, 0.1) is 0 Å². The van der Waals surface area contributed by atoms with Gasteiger partial charge in [-0.2, -0.15) is 0 Å². The van der Waals surface area contributed by atoms with Gasteiger partial charge in [-0.1, -0.05) is 50.5 Å². The first-order valence-corrected chi connectivity index (χ1v) is 7.35. The Bertz CT molecular complexity index is 427. The second-order valence-electron chi connectivity index (χ2n) is 5.27. The van der Waals surface area contributed by atoms with E-state index in [1.54, 1.807) is 6.08 Å². The van der Waals surface area contributed by atoms with Crippen LogP contribution in [-0.4, -0.2) is 11.9 Å². The molecular formula is C17H23NO. The highest BCUT2D eigenvalue weighted by atomic mass is 16.1. The number of rotatable bonds is 4. The van der Waals surface area contributed by atoms with Crippen molar-refractivity contribution in [1.29, 1.82) is 0 Å². The van der Waals surface area contributed by atoms with Gasteiger partial charge in [0.1, 0.15) is 0 Å². The van der Waals surface area contributed by atoms with Crippen molar-refractivity contribution in [3.8, 4) is 0 Å². The molecule has 19 heavy (non-hydrogen) atoms. The topological polar surface area (TPSA) is 29.1 Å². The van der Waals surface area contributed by atoms with E-state index in [2.05, 4.69) is 36.5 Å². The third-order valence-corrected chi connectivity index (χ3v) is 3.77. The maximum Gasteiger partial charge on any atom is 0.244 e. The van der Waals surface area contributed by atoms with Gasteiger partial charge in [0.2, 0.25) is 5.91 Å². The minimum Gasteiger partial charge on any atom is -0.350 e. The standard InChI is InChI=1S/C17H23NO/c1-2-14-8-10-15(11-9-14)12-13-17(19)18-16-6-4-3-5-7-16/h8-13,16H,2-7H2,1H3,(H,18,19)/b13-12-. The Balaban J connectivity index is 1.84. The van der Waals surface area contributed by atoms with E-state index in [4.69, 9.17) is 0 Å². The van der Waals surface area contributed by atoms with Crippen molar-refractivity contribution < 1.29 is 4.79 Å². The summed E-state index contributed by atoms with van der Waals surface area (Å²) in [6, 6.07) is 8.72. The maximum atomic E-state index is 11.8. The van der Waals surface area contributed by atoms with Crippen molar-refractivity contribution in [3.63, 3.8) is 0 Å². The highest BCUT2D eigenvalue weighted by molar-refractivity contribution is 5.91. The Labute approximate surface area is 115 Å². The fraction of sp³-hybridized carbons (Fsp3) is 0.471. The van der Waals surface area contributed by atoms with Crippen LogP contribution in [0.5, 0.6) is 0 Å². The van der Waals surface area contributed by atoms with Gasteiger partial charge in [0, 0.05) is 12.1 Å². The molecule has 2 nitrogen and oxygen atoms in total. The van der Waals surface area contributed by atoms with Crippen LogP contribution < -0.4 is 5.32 Å². The lowest BCUT2D eigenvalue weighted by Crippen LogP contribution is -2.34. The first kappa shape index (κ1) is 13.9. The summed E-state index contributed by atoms with van der Waals surface area (Å²) in [4.78, 5) is 11.8. The first-order valence-electron chi connectivity index (χ1n) is 7.35. The van der Waals surface area contributed by atoms with Crippen molar-refractivity contribution in [2.75, 3.05) is 0 Å². The maximum absolute atomic E-state index is 11.8. The second kappa shape index (κ2) is 7.13. The molecule has 1 aromatic carbocycles. The van der Waals surface area contributed by atoms with E-state index in [0.29, 0.717) is 6.04 Å². The van der Waals surface area contributed by atoms with E-state index >= 15 is 0 Å². The van der Waals surface area contributed by atoms with Crippen LogP contribution in [0.15, 0.2) is 30.3 Å². The molecule has 0 unspecified atom stereocenters. The van der Waals surface area contributed by atoms with Crippen molar-refractivity contribution in [3.05, 3.63) is 41.5 Å². The van der Waals surface area contributed by atoms with Gasteiger partial charge in [0.25, 0.3) is 0 Å². The monoisotopic (exact) mass is 257 g/mol. The molecule has 2 heteroatoms. The third kappa shape index (κ3) is 4.55. The Morgan fingerprint density at radius 3 is 2.53 bits per heavy atom. The van der Waals surface area contributed by atoms with Gasteiger partial charge >= 0.3 is 0 Å². The van der Waals surface area contributed by atoms with Gasteiger partial charge < -0.3 is 5.32 Å². The molecule has 1 aliphatic rings. The van der Waals surface area contributed by atoms with Crippen molar-refractivity contribution >= 4 is 12.0 Å². The number of aryl methyl sites for hydroxylation is 1. The number of amides is 1. The van der Waals surface area contributed by atoms with Crippen LogP contribution in [-0.2, 0) is 11.2 Å². The van der Waals surface area contributed by atoms with Crippen LogP contribution in [0, 0.1) is 0 Å². The molecule has 0 spiro atoms. The lowest BCUT2D eigenvalue weighted by molar-refractivity contribution is -0.117. The van der Waals surface area contributed by atoms with Crippen molar-refractivity contribution in [2.45, 2.75) is 51.5 Å². The first-order chi connectivity index (χ1) is 9.28. The zero-order valence-corrected chi connectivity index (χ0v) is 11.7. The highest BCUT2D eigenvalue weighted by Gasteiger charge is 2.13. The molecular weight excluding hydrogens is 234 g/mol. The molecule has 0 saturated heterocycles. The predicted molar refractivity (Wildman–Crippen MR) is 79.9 cm³/mol. The van der Waals surface area contributed by atoms with Gasteiger partial charge in [-0.3, -0.25) is 4.79 Å². The van der Waals surface area contributed by atoms with Crippen LogP contribution >= 0.6 is 0 Å². The molecule has 1 aromatic rings. The average molecular weight is 257 g/mol. The van der Waals surface area contributed by atoms with E-state index in [1.807, 2.05) is 6.08 Å². The summed E-state index contributed by atoms with van der Waals surface area (Å²) in [5.41, 5.74) is 2.40. The Morgan fingerprint density at radius 2 is 1.89 bits per heavy atom. The van der Waals surface area contributed by atoms with Gasteiger partial charge in [0.15, 0.2) is 0 Å². The molecule has 0 heterocycles. The number of carbonyl (C=O) groups is 1. The van der Waals surface area contributed by atoms with Gasteiger partial charge in [-0.05, 0) is 36.5 Å². The lowest BCUT2D eigenvalue weighted by atomic mass is 9.95. The third-order valence-electron chi connectivity index (χ3n) is 3.77. The van der Waals surface area contributed by atoms with Crippen molar-refractivity contribution in [2.24, 2.45) is 0 Å². The summed E-state index contributed by atoms with van der Waals surface area (Å²) in [6.07, 6.45) is 10.6. The fourth-order valence-corrected chi connectivity index (χ4v) is 2.53. The van der Waals surface area contributed by atoms with E-state index in [0.717, 1.165) is 24.8 Å².